The summed E-state index contributed by atoms with van der Waals surface area (Å²) in [6, 6.07) is 29.1. The van der Waals surface area contributed by atoms with Crippen LogP contribution in [0.5, 0.6) is 0 Å². The van der Waals surface area contributed by atoms with Crippen molar-refractivity contribution >= 4 is 29.5 Å². The van der Waals surface area contributed by atoms with E-state index in [1.54, 1.807) is 24.3 Å². The van der Waals surface area contributed by atoms with Crippen LogP contribution in [0.4, 0.5) is 0 Å². The van der Waals surface area contributed by atoms with Crippen molar-refractivity contribution in [2.24, 2.45) is 0 Å². The van der Waals surface area contributed by atoms with E-state index in [2.05, 4.69) is 82.8 Å². The minimum Gasteiger partial charge on any atom is -0.351 e. The molecule has 2 N–H and O–H groups in total. The van der Waals surface area contributed by atoms with E-state index in [0.29, 0.717) is 36.7 Å². The third-order valence-electron chi connectivity index (χ3n) is 9.23. The van der Waals surface area contributed by atoms with Gasteiger partial charge in [-0.2, -0.15) is 0 Å². The van der Waals surface area contributed by atoms with Crippen LogP contribution in [0.1, 0.15) is 62.1 Å². The quantitative estimate of drug-likeness (QED) is 0.256. The fourth-order valence-electron chi connectivity index (χ4n) is 6.62. The molecule has 232 valence electrons. The highest BCUT2D eigenvalue weighted by Crippen LogP contribution is 2.28. The van der Waals surface area contributed by atoms with Gasteiger partial charge in [0.25, 0.3) is 0 Å². The van der Waals surface area contributed by atoms with Gasteiger partial charge < -0.3 is 15.5 Å². The molecular formula is C37H45ClN4O2. The monoisotopic (exact) mass is 612 g/mol. The first-order valence-corrected chi connectivity index (χ1v) is 16.4. The highest BCUT2D eigenvalue weighted by molar-refractivity contribution is 6.30. The van der Waals surface area contributed by atoms with Crippen LogP contribution >= 0.6 is 11.6 Å². The van der Waals surface area contributed by atoms with E-state index in [1.807, 2.05) is 24.3 Å². The smallest absolute Gasteiger partial charge is 0.244 e. The van der Waals surface area contributed by atoms with Crippen LogP contribution in [-0.4, -0.2) is 72.0 Å². The number of hydrogen-bond donors (Lipinski definition) is 2. The lowest BCUT2D eigenvalue weighted by atomic mass is 9.90. The summed E-state index contributed by atoms with van der Waals surface area (Å²) in [5.74, 6) is 0.0753. The molecule has 44 heavy (non-hydrogen) atoms. The maximum atomic E-state index is 14.2. The average Bonchev–Trinajstić information content (AvgIpc) is 3.29. The number of likely N-dealkylation sites (tertiary alicyclic amines) is 1. The standard InChI is InChI=1S/C37H45ClN4O2/c1-27-13-14-28(2)42(27)24-22-35-37(44)41(26-34(30-9-5-3-6-10-30)31-11-7-4-8-12-31)23-21-33(40-35)25-39-36(43)20-17-29-15-18-32(38)19-16-29/h3-12,15-20,27-28,33-35,40H,13-14,21-26H2,1-2H3,(H,39,43)/b20-17+. The lowest BCUT2D eigenvalue weighted by molar-refractivity contribution is -0.133. The highest BCUT2D eigenvalue weighted by Gasteiger charge is 2.34. The van der Waals surface area contributed by atoms with Crippen LogP contribution < -0.4 is 10.6 Å². The van der Waals surface area contributed by atoms with Gasteiger partial charge in [-0.25, -0.2) is 0 Å². The van der Waals surface area contributed by atoms with Crippen LogP contribution in [0.25, 0.3) is 6.08 Å². The summed E-state index contributed by atoms with van der Waals surface area (Å²) in [5, 5.41) is 7.39. The Balaban J connectivity index is 1.30. The van der Waals surface area contributed by atoms with Gasteiger partial charge in [0.1, 0.15) is 0 Å². The van der Waals surface area contributed by atoms with Gasteiger partial charge in [0.15, 0.2) is 0 Å². The zero-order valence-corrected chi connectivity index (χ0v) is 26.6. The number of carbonyl (C=O) groups is 2. The summed E-state index contributed by atoms with van der Waals surface area (Å²) in [6.45, 7) is 7.17. The molecule has 2 fully saturated rings. The Morgan fingerprint density at radius 2 is 1.55 bits per heavy atom. The second-order valence-corrected chi connectivity index (χ2v) is 12.7. The number of rotatable bonds is 11. The zero-order valence-electron chi connectivity index (χ0n) is 25.9. The van der Waals surface area contributed by atoms with Gasteiger partial charge >= 0.3 is 0 Å². The number of carbonyl (C=O) groups excluding carboxylic acids is 2. The molecule has 3 aromatic rings. The maximum absolute atomic E-state index is 14.2. The summed E-state index contributed by atoms with van der Waals surface area (Å²) >= 11 is 5.98. The third kappa shape index (κ3) is 8.59. The summed E-state index contributed by atoms with van der Waals surface area (Å²) < 4.78 is 0. The molecule has 2 heterocycles. The lowest BCUT2D eigenvalue weighted by Gasteiger charge is -2.31. The molecule has 2 saturated heterocycles. The molecule has 2 amide bonds. The summed E-state index contributed by atoms with van der Waals surface area (Å²) in [7, 11) is 0. The first-order valence-electron chi connectivity index (χ1n) is 16.0. The van der Waals surface area contributed by atoms with Crippen LogP contribution in [0.3, 0.4) is 0 Å². The van der Waals surface area contributed by atoms with E-state index in [9.17, 15) is 9.59 Å². The molecule has 4 atom stereocenters. The second-order valence-electron chi connectivity index (χ2n) is 12.3. The topological polar surface area (TPSA) is 64.7 Å². The lowest BCUT2D eigenvalue weighted by Crippen LogP contribution is -2.50. The fourth-order valence-corrected chi connectivity index (χ4v) is 6.75. The van der Waals surface area contributed by atoms with Crippen molar-refractivity contribution in [3.05, 3.63) is 113 Å². The van der Waals surface area contributed by atoms with E-state index >= 15 is 0 Å². The Morgan fingerprint density at radius 1 is 0.932 bits per heavy atom. The molecule has 2 aliphatic heterocycles. The van der Waals surface area contributed by atoms with Crippen LogP contribution in [0.15, 0.2) is 91.0 Å². The Labute approximate surface area is 267 Å². The van der Waals surface area contributed by atoms with Gasteiger partial charge in [-0.15, -0.1) is 0 Å². The molecule has 3 aromatic carbocycles. The Bertz CT molecular complexity index is 1330. The average molecular weight is 613 g/mol. The Morgan fingerprint density at radius 3 is 2.16 bits per heavy atom. The maximum Gasteiger partial charge on any atom is 0.244 e. The first kappa shape index (κ1) is 32.0. The van der Waals surface area contributed by atoms with Gasteiger partial charge in [-0.3, -0.25) is 14.5 Å². The SMILES string of the molecule is CC1CCC(C)N1CCC1NC(CNC(=O)/C=C/c2ccc(Cl)cc2)CCN(CC(c2ccccc2)c2ccccc2)C1=O. The van der Waals surface area contributed by atoms with Crippen LogP contribution in [0.2, 0.25) is 5.02 Å². The van der Waals surface area contributed by atoms with Gasteiger partial charge in [0, 0.05) is 61.3 Å². The molecule has 6 nitrogen and oxygen atoms in total. The predicted octanol–water partition coefficient (Wildman–Crippen LogP) is 6.12. The van der Waals surface area contributed by atoms with Gasteiger partial charge in [0.05, 0.1) is 6.04 Å². The highest BCUT2D eigenvalue weighted by atomic mass is 35.5. The second kappa shape index (κ2) is 15.5. The van der Waals surface area contributed by atoms with E-state index in [1.165, 1.54) is 24.0 Å². The molecule has 5 rings (SSSR count). The van der Waals surface area contributed by atoms with Crippen molar-refractivity contribution in [3.63, 3.8) is 0 Å². The number of halogens is 1. The van der Waals surface area contributed by atoms with Crippen molar-refractivity contribution in [3.8, 4) is 0 Å². The molecule has 0 bridgehead atoms. The van der Waals surface area contributed by atoms with Crippen LogP contribution in [-0.2, 0) is 9.59 Å². The molecular weight excluding hydrogens is 568 g/mol. The fraction of sp³-hybridized carbons (Fsp3) is 0.405. The van der Waals surface area contributed by atoms with Gasteiger partial charge in [0.2, 0.25) is 11.8 Å². The Kier molecular flexibility index (Phi) is 11.3. The van der Waals surface area contributed by atoms with E-state index in [-0.39, 0.29) is 29.8 Å². The van der Waals surface area contributed by atoms with Crippen molar-refractivity contribution in [2.45, 2.75) is 69.6 Å². The third-order valence-corrected chi connectivity index (χ3v) is 9.48. The molecule has 0 spiro atoms. The van der Waals surface area contributed by atoms with E-state index < -0.39 is 0 Å². The van der Waals surface area contributed by atoms with Gasteiger partial charge in [-0.1, -0.05) is 84.4 Å². The van der Waals surface area contributed by atoms with Crippen molar-refractivity contribution in [2.75, 3.05) is 26.2 Å². The number of hydrogen-bond acceptors (Lipinski definition) is 4. The summed E-state index contributed by atoms with van der Waals surface area (Å²) in [4.78, 5) is 31.5. The number of amides is 2. The predicted molar refractivity (Wildman–Crippen MR) is 180 cm³/mol. The van der Waals surface area contributed by atoms with Crippen molar-refractivity contribution < 1.29 is 9.59 Å². The number of nitrogens with zero attached hydrogens (tertiary/aromatic N) is 2. The Hall–Kier alpha value is -3.45. The summed E-state index contributed by atoms with van der Waals surface area (Å²) in [6.07, 6.45) is 7.24. The number of nitrogens with one attached hydrogen (secondary N) is 2. The molecule has 0 aromatic heterocycles. The van der Waals surface area contributed by atoms with Crippen molar-refractivity contribution in [1.82, 2.24) is 20.4 Å². The van der Waals surface area contributed by atoms with Crippen LogP contribution in [0, 0.1) is 0 Å². The molecule has 2 aliphatic rings. The summed E-state index contributed by atoms with van der Waals surface area (Å²) in [5.41, 5.74) is 3.32. The van der Waals surface area contributed by atoms with Crippen molar-refractivity contribution in [1.29, 1.82) is 0 Å². The number of benzene rings is 3. The zero-order chi connectivity index (χ0) is 30.9. The molecule has 0 radical (unpaired) electrons. The molecule has 0 saturated carbocycles. The molecule has 4 unspecified atom stereocenters. The minimum atomic E-state index is -0.309. The van der Waals surface area contributed by atoms with Gasteiger partial charge in [-0.05, 0) is 74.4 Å². The van der Waals surface area contributed by atoms with E-state index in [4.69, 9.17) is 11.6 Å². The first-order chi connectivity index (χ1) is 21.4. The molecule has 0 aliphatic carbocycles. The van der Waals surface area contributed by atoms with E-state index in [0.717, 1.165) is 24.9 Å². The normalized spacial score (nSPS) is 22.9. The molecule has 7 heteroatoms. The minimum absolute atomic E-state index is 0.0119. The largest absolute Gasteiger partial charge is 0.351 e.